The highest BCUT2D eigenvalue weighted by atomic mass is 16.5. The Labute approximate surface area is 142 Å². The Balaban J connectivity index is 1.80. The number of carbonyl (C=O) groups excluding carboxylic acids is 1. The molecule has 0 aliphatic carbocycles. The van der Waals surface area contributed by atoms with Crippen LogP contribution in [0.2, 0.25) is 0 Å². The summed E-state index contributed by atoms with van der Waals surface area (Å²) in [4.78, 5) is 25.0. The summed E-state index contributed by atoms with van der Waals surface area (Å²) in [5, 5.41) is 6.57. The number of aromatic amines is 1. The molecule has 0 spiro atoms. The Morgan fingerprint density at radius 1 is 1.20 bits per heavy atom. The summed E-state index contributed by atoms with van der Waals surface area (Å²) >= 11 is 0. The largest absolute Gasteiger partial charge is 0.464 e. The zero-order chi connectivity index (χ0) is 17.2. The molecule has 124 valence electrons. The topological polar surface area (TPSA) is 98.6 Å². The van der Waals surface area contributed by atoms with E-state index in [0.717, 1.165) is 5.56 Å². The van der Waals surface area contributed by atoms with Crippen molar-refractivity contribution >= 4 is 17.1 Å². The van der Waals surface area contributed by atoms with Crippen LogP contribution in [0.15, 0.2) is 49.2 Å². The molecule has 0 saturated heterocycles. The summed E-state index contributed by atoms with van der Waals surface area (Å²) in [5.41, 5.74) is 3.73. The number of carbonyl (C=O) groups is 1. The van der Waals surface area contributed by atoms with Gasteiger partial charge in [0.2, 0.25) is 0 Å². The van der Waals surface area contributed by atoms with Crippen LogP contribution in [0, 0.1) is 0 Å². The molecule has 0 bridgehead atoms. The van der Waals surface area contributed by atoms with Crippen LogP contribution in [-0.4, -0.2) is 42.8 Å². The molecular formula is C17H14N6O2. The average Bonchev–Trinajstić information content (AvgIpc) is 3.29. The first-order valence-electron chi connectivity index (χ1n) is 7.59. The maximum atomic E-state index is 11.9. The molecule has 1 aromatic carbocycles. The van der Waals surface area contributed by atoms with Crippen LogP contribution >= 0.6 is 0 Å². The van der Waals surface area contributed by atoms with Crippen molar-refractivity contribution in [3.05, 3.63) is 60.4 Å². The lowest BCUT2D eigenvalue weighted by Crippen LogP contribution is -2.04. The Hall–Kier alpha value is -3.55. The third kappa shape index (κ3) is 2.63. The maximum Gasteiger partial charge on any atom is 0.356 e. The predicted molar refractivity (Wildman–Crippen MR) is 89.8 cm³/mol. The number of nitrogens with one attached hydrogen (secondary N) is 1. The number of methoxy groups -OCH3 is 1. The smallest absolute Gasteiger partial charge is 0.356 e. The number of imidazole rings is 1. The highest BCUT2D eigenvalue weighted by Gasteiger charge is 2.20. The second-order valence-electron chi connectivity index (χ2n) is 5.40. The average molecular weight is 334 g/mol. The van der Waals surface area contributed by atoms with Gasteiger partial charge in [0.25, 0.3) is 0 Å². The van der Waals surface area contributed by atoms with Crippen molar-refractivity contribution in [3.63, 3.8) is 0 Å². The van der Waals surface area contributed by atoms with E-state index in [-0.39, 0.29) is 5.69 Å². The first-order chi connectivity index (χ1) is 12.3. The second-order valence-corrected chi connectivity index (χ2v) is 5.40. The fourth-order valence-electron chi connectivity index (χ4n) is 2.70. The lowest BCUT2D eigenvalue weighted by molar-refractivity contribution is 0.0595. The molecule has 8 heteroatoms. The van der Waals surface area contributed by atoms with Crippen LogP contribution in [0.3, 0.4) is 0 Å². The first kappa shape index (κ1) is 15.0. The minimum absolute atomic E-state index is 0.236. The third-order valence-corrected chi connectivity index (χ3v) is 3.88. The highest BCUT2D eigenvalue weighted by molar-refractivity contribution is 5.98. The van der Waals surface area contributed by atoms with Gasteiger partial charge < -0.3 is 9.30 Å². The SMILES string of the molecule is COC(=O)c1[nH]ncc1-c1ncnc2c1ncn2Cc1ccccc1. The molecular weight excluding hydrogens is 320 g/mol. The third-order valence-electron chi connectivity index (χ3n) is 3.88. The first-order valence-corrected chi connectivity index (χ1v) is 7.59. The number of aromatic nitrogens is 6. The molecule has 0 atom stereocenters. The molecule has 8 nitrogen and oxygen atoms in total. The van der Waals surface area contributed by atoms with Gasteiger partial charge in [0.05, 0.1) is 31.7 Å². The zero-order valence-electron chi connectivity index (χ0n) is 13.4. The minimum Gasteiger partial charge on any atom is -0.464 e. The number of benzene rings is 1. The Kier molecular flexibility index (Phi) is 3.70. The second kappa shape index (κ2) is 6.16. The Bertz CT molecular complexity index is 1040. The van der Waals surface area contributed by atoms with Gasteiger partial charge >= 0.3 is 5.97 Å². The monoisotopic (exact) mass is 334 g/mol. The Morgan fingerprint density at radius 3 is 2.84 bits per heavy atom. The molecule has 0 radical (unpaired) electrons. The molecule has 1 N–H and O–H groups in total. The van der Waals surface area contributed by atoms with Gasteiger partial charge in [-0.3, -0.25) is 5.10 Å². The van der Waals surface area contributed by atoms with Crippen LogP contribution in [0.4, 0.5) is 0 Å². The van der Waals surface area contributed by atoms with E-state index in [1.54, 1.807) is 6.33 Å². The predicted octanol–water partition coefficient (Wildman–Crippen LogP) is 2.05. The van der Waals surface area contributed by atoms with E-state index in [0.29, 0.717) is 29.0 Å². The van der Waals surface area contributed by atoms with Crippen LogP contribution < -0.4 is 0 Å². The number of H-pyrrole nitrogens is 1. The molecule has 3 aromatic heterocycles. The van der Waals surface area contributed by atoms with Gasteiger partial charge in [-0.25, -0.2) is 19.7 Å². The quantitative estimate of drug-likeness (QED) is 0.574. The van der Waals surface area contributed by atoms with E-state index in [1.165, 1.54) is 19.6 Å². The number of hydrogen-bond acceptors (Lipinski definition) is 6. The number of nitrogens with zero attached hydrogens (tertiary/aromatic N) is 5. The van der Waals surface area contributed by atoms with Crippen molar-refractivity contribution in [2.24, 2.45) is 0 Å². The molecule has 3 heterocycles. The van der Waals surface area contributed by atoms with Gasteiger partial charge in [0, 0.05) is 0 Å². The summed E-state index contributed by atoms with van der Waals surface area (Å²) in [6, 6.07) is 10.0. The van der Waals surface area contributed by atoms with Crippen molar-refractivity contribution in [3.8, 4) is 11.3 Å². The maximum absolute atomic E-state index is 11.9. The normalized spacial score (nSPS) is 10.9. The fraction of sp³-hybridized carbons (Fsp3) is 0.118. The molecule has 4 aromatic rings. The summed E-state index contributed by atoms with van der Waals surface area (Å²) < 4.78 is 6.71. The van der Waals surface area contributed by atoms with E-state index >= 15 is 0 Å². The summed E-state index contributed by atoms with van der Waals surface area (Å²) in [6.07, 6.45) is 4.70. The van der Waals surface area contributed by atoms with E-state index in [4.69, 9.17) is 4.74 Å². The number of fused-ring (bicyclic) bond motifs is 1. The summed E-state index contributed by atoms with van der Waals surface area (Å²) in [6.45, 7) is 0.642. The number of ether oxygens (including phenoxy) is 1. The van der Waals surface area contributed by atoms with Gasteiger partial charge in [-0.05, 0) is 5.56 Å². The molecule has 0 aliphatic rings. The molecule has 0 unspecified atom stereocenters. The van der Waals surface area contributed by atoms with Crippen molar-refractivity contribution in [1.29, 1.82) is 0 Å². The number of hydrogen-bond donors (Lipinski definition) is 1. The lowest BCUT2D eigenvalue weighted by Gasteiger charge is -2.05. The van der Waals surface area contributed by atoms with Gasteiger partial charge in [-0.15, -0.1) is 0 Å². The molecule has 4 rings (SSSR count). The van der Waals surface area contributed by atoms with Crippen molar-refractivity contribution < 1.29 is 9.53 Å². The molecule has 0 aliphatic heterocycles. The minimum atomic E-state index is -0.511. The molecule has 25 heavy (non-hydrogen) atoms. The van der Waals surface area contributed by atoms with Crippen LogP contribution in [0.1, 0.15) is 16.1 Å². The summed E-state index contributed by atoms with van der Waals surface area (Å²) in [7, 11) is 1.32. The van der Waals surface area contributed by atoms with E-state index in [2.05, 4.69) is 25.1 Å². The molecule has 0 saturated carbocycles. The van der Waals surface area contributed by atoms with Crippen LogP contribution in [0.25, 0.3) is 22.4 Å². The Morgan fingerprint density at radius 2 is 2.04 bits per heavy atom. The highest BCUT2D eigenvalue weighted by Crippen LogP contribution is 2.26. The molecule has 0 amide bonds. The van der Waals surface area contributed by atoms with Gasteiger partial charge in [0.15, 0.2) is 11.3 Å². The van der Waals surface area contributed by atoms with Gasteiger partial charge in [0.1, 0.15) is 17.5 Å². The van der Waals surface area contributed by atoms with Crippen molar-refractivity contribution in [1.82, 2.24) is 29.7 Å². The van der Waals surface area contributed by atoms with Crippen LogP contribution in [-0.2, 0) is 11.3 Å². The van der Waals surface area contributed by atoms with E-state index < -0.39 is 5.97 Å². The fourth-order valence-corrected chi connectivity index (χ4v) is 2.70. The van der Waals surface area contributed by atoms with Crippen molar-refractivity contribution in [2.75, 3.05) is 7.11 Å². The zero-order valence-corrected chi connectivity index (χ0v) is 13.4. The van der Waals surface area contributed by atoms with E-state index in [1.807, 2.05) is 34.9 Å². The number of rotatable bonds is 4. The molecule has 0 fully saturated rings. The van der Waals surface area contributed by atoms with E-state index in [9.17, 15) is 4.79 Å². The standard InChI is InChI=1S/C17H14N6O2/c1-25-17(24)14-12(7-21-22-14)13-15-16(19-9-18-13)23(10-20-15)8-11-5-3-2-4-6-11/h2-7,9-10H,8H2,1H3,(H,21,22). The van der Waals surface area contributed by atoms with Gasteiger partial charge in [-0.2, -0.15) is 5.10 Å². The van der Waals surface area contributed by atoms with Crippen molar-refractivity contribution in [2.45, 2.75) is 6.54 Å². The number of esters is 1. The lowest BCUT2D eigenvalue weighted by atomic mass is 10.1. The van der Waals surface area contributed by atoms with Gasteiger partial charge in [-0.1, -0.05) is 30.3 Å². The van der Waals surface area contributed by atoms with Crippen LogP contribution in [0.5, 0.6) is 0 Å². The summed E-state index contributed by atoms with van der Waals surface area (Å²) in [5.74, 6) is -0.511.